The van der Waals surface area contributed by atoms with Gasteiger partial charge in [0.15, 0.2) is 4.80 Å². The Morgan fingerprint density at radius 2 is 1.76 bits per heavy atom. The number of thiazole rings is 1. The quantitative estimate of drug-likeness (QED) is 0.388. The van der Waals surface area contributed by atoms with E-state index in [1.54, 1.807) is 27.8 Å². The van der Waals surface area contributed by atoms with Crippen LogP contribution in [0.15, 0.2) is 69.9 Å². The number of sulfonamides is 1. The lowest BCUT2D eigenvalue weighted by atomic mass is 10.1. The molecule has 0 amide bonds. The summed E-state index contributed by atoms with van der Waals surface area (Å²) in [5, 5.41) is 2.08. The van der Waals surface area contributed by atoms with Crippen molar-refractivity contribution in [3.05, 3.63) is 64.8 Å². The summed E-state index contributed by atoms with van der Waals surface area (Å²) in [6.07, 6.45) is 3.07. The zero-order valence-corrected chi connectivity index (χ0v) is 21.7. The maximum Gasteiger partial charge on any atom is 0.243 e. The maximum atomic E-state index is 13.5. The Kier molecular flexibility index (Phi) is 8.03. The Balaban J connectivity index is 1.72. The lowest BCUT2D eigenvalue weighted by Gasteiger charge is -2.34. The fourth-order valence-corrected chi connectivity index (χ4v) is 6.88. The first-order valence-corrected chi connectivity index (χ1v) is 14.2. The van der Waals surface area contributed by atoms with Crippen LogP contribution >= 0.6 is 11.3 Å². The topological polar surface area (TPSA) is 63.9 Å². The van der Waals surface area contributed by atoms with Crippen LogP contribution < -0.4 is 4.80 Å². The molecule has 6 nitrogen and oxygen atoms in total. The van der Waals surface area contributed by atoms with Crippen molar-refractivity contribution in [2.75, 3.05) is 13.1 Å². The summed E-state index contributed by atoms with van der Waals surface area (Å²) in [5.74, 6) is 0. The van der Waals surface area contributed by atoms with Gasteiger partial charge in [0.25, 0.3) is 0 Å². The first kappa shape index (κ1) is 24.9. The third kappa shape index (κ3) is 5.68. The van der Waals surface area contributed by atoms with Crippen LogP contribution in [0.25, 0.3) is 11.3 Å². The van der Waals surface area contributed by atoms with E-state index in [1.807, 2.05) is 56.3 Å². The van der Waals surface area contributed by atoms with Gasteiger partial charge in [-0.2, -0.15) is 4.31 Å². The van der Waals surface area contributed by atoms with E-state index in [-0.39, 0.29) is 12.2 Å². The Bertz CT molecular complexity index is 1260. The van der Waals surface area contributed by atoms with E-state index < -0.39 is 10.0 Å². The van der Waals surface area contributed by atoms with E-state index >= 15 is 0 Å². The van der Waals surface area contributed by atoms with Crippen LogP contribution in [-0.4, -0.2) is 42.6 Å². The van der Waals surface area contributed by atoms with Crippen molar-refractivity contribution >= 4 is 27.0 Å². The van der Waals surface area contributed by atoms with Gasteiger partial charge in [-0.15, -0.1) is 11.3 Å². The normalized spacial score (nSPS) is 20.0. The molecule has 2 aromatic carbocycles. The second kappa shape index (κ2) is 11.0. The van der Waals surface area contributed by atoms with E-state index in [1.165, 1.54) is 0 Å². The molecular formula is C26H33N3O3S2. The van der Waals surface area contributed by atoms with Gasteiger partial charge in [0.05, 0.1) is 28.5 Å². The second-order valence-electron chi connectivity index (χ2n) is 8.82. The van der Waals surface area contributed by atoms with Gasteiger partial charge < -0.3 is 9.30 Å². The van der Waals surface area contributed by atoms with Crippen molar-refractivity contribution in [1.29, 1.82) is 0 Å². The van der Waals surface area contributed by atoms with Gasteiger partial charge >= 0.3 is 0 Å². The molecule has 2 atom stereocenters. The lowest BCUT2D eigenvalue weighted by Crippen LogP contribution is -2.48. The minimum atomic E-state index is -3.61. The average molecular weight is 500 g/mol. The molecule has 4 rings (SSSR count). The minimum absolute atomic E-state index is 0.124. The van der Waals surface area contributed by atoms with Crippen molar-refractivity contribution in [3.63, 3.8) is 0 Å². The average Bonchev–Trinajstić information content (AvgIpc) is 3.21. The Hall–Kier alpha value is -2.26. The molecule has 1 aliphatic heterocycles. The fraction of sp³-hybridized carbons (Fsp3) is 0.423. The molecule has 182 valence electrons. The van der Waals surface area contributed by atoms with E-state index in [2.05, 4.69) is 16.9 Å². The molecule has 0 aliphatic carbocycles. The predicted octanol–water partition coefficient (Wildman–Crippen LogP) is 5.44. The van der Waals surface area contributed by atoms with Crippen molar-refractivity contribution in [2.24, 2.45) is 4.99 Å². The number of para-hydroxylation sites is 1. The first-order chi connectivity index (χ1) is 16.4. The summed E-state index contributed by atoms with van der Waals surface area (Å²) < 4.78 is 36.4. The predicted molar refractivity (Wildman–Crippen MR) is 138 cm³/mol. The molecule has 2 heterocycles. The number of nitrogens with zero attached hydrogens (tertiary/aromatic N) is 3. The molecule has 34 heavy (non-hydrogen) atoms. The van der Waals surface area contributed by atoms with Gasteiger partial charge in [-0.05, 0) is 44.5 Å². The van der Waals surface area contributed by atoms with Crippen molar-refractivity contribution in [2.45, 2.75) is 63.7 Å². The molecule has 1 aliphatic rings. The van der Waals surface area contributed by atoms with Gasteiger partial charge in [-0.3, -0.25) is 0 Å². The molecule has 0 radical (unpaired) electrons. The maximum absolute atomic E-state index is 13.5. The van der Waals surface area contributed by atoms with Gasteiger partial charge in [-0.1, -0.05) is 50.1 Å². The summed E-state index contributed by atoms with van der Waals surface area (Å²) in [6.45, 7) is 7.59. The number of hydrogen-bond acceptors (Lipinski definition) is 5. The number of ether oxygens (including phenoxy) is 1. The van der Waals surface area contributed by atoms with E-state index in [4.69, 9.17) is 9.73 Å². The Morgan fingerprint density at radius 1 is 1.03 bits per heavy atom. The molecule has 8 heteroatoms. The summed E-state index contributed by atoms with van der Waals surface area (Å²) in [4.78, 5) is 6.10. The second-order valence-corrected chi connectivity index (χ2v) is 11.6. The van der Waals surface area contributed by atoms with E-state index in [0.717, 1.165) is 47.6 Å². The number of unbranched alkanes of at least 4 members (excludes halogenated alkanes) is 2. The van der Waals surface area contributed by atoms with E-state index in [0.29, 0.717) is 18.0 Å². The van der Waals surface area contributed by atoms with Crippen LogP contribution in [0.3, 0.4) is 0 Å². The number of benzene rings is 2. The number of rotatable bonds is 8. The summed E-state index contributed by atoms with van der Waals surface area (Å²) in [6, 6.07) is 17.2. The van der Waals surface area contributed by atoms with Crippen molar-refractivity contribution in [1.82, 2.24) is 8.87 Å². The molecule has 0 unspecified atom stereocenters. The molecular weight excluding hydrogens is 466 g/mol. The third-order valence-electron chi connectivity index (χ3n) is 5.92. The van der Waals surface area contributed by atoms with E-state index in [9.17, 15) is 8.42 Å². The Morgan fingerprint density at radius 3 is 2.47 bits per heavy atom. The largest absolute Gasteiger partial charge is 0.373 e. The highest BCUT2D eigenvalue weighted by Crippen LogP contribution is 2.27. The van der Waals surface area contributed by atoms with Crippen LogP contribution in [0, 0.1) is 0 Å². The summed E-state index contributed by atoms with van der Waals surface area (Å²) in [7, 11) is -3.61. The van der Waals surface area contributed by atoms with Crippen LogP contribution in [0.4, 0.5) is 5.69 Å². The molecule has 1 saturated heterocycles. The summed E-state index contributed by atoms with van der Waals surface area (Å²) in [5.41, 5.74) is 2.79. The molecule has 1 aromatic heterocycles. The minimum Gasteiger partial charge on any atom is -0.373 e. The third-order valence-corrected chi connectivity index (χ3v) is 8.61. The van der Waals surface area contributed by atoms with Crippen LogP contribution in [0.5, 0.6) is 0 Å². The molecule has 0 N–H and O–H groups in total. The standard InChI is InChI=1S/C26H33N3O3S2/c1-4-5-9-15-29-25(19-33-26(29)27-23-12-7-6-8-13-23)22-11-10-14-24(16-22)34(30,31)28-17-20(2)32-21(3)18-28/h6-8,10-14,16,19-21H,4-5,9,15,17-18H2,1-3H3/t20-,21+. The van der Waals surface area contributed by atoms with Gasteiger partial charge in [0, 0.05) is 30.6 Å². The first-order valence-electron chi connectivity index (χ1n) is 11.9. The number of aromatic nitrogens is 1. The van der Waals surface area contributed by atoms with Crippen LogP contribution in [-0.2, 0) is 21.3 Å². The van der Waals surface area contributed by atoms with Gasteiger partial charge in [0.1, 0.15) is 0 Å². The Labute approximate surface area is 206 Å². The smallest absolute Gasteiger partial charge is 0.243 e. The monoisotopic (exact) mass is 499 g/mol. The zero-order valence-electron chi connectivity index (χ0n) is 20.1. The SMILES string of the molecule is CCCCCn1c(-c2cccc(S(=O)(=O)N3C[C@@H](C)O[C@@H](C)C3)c2)csc1=Nc1ccccc1. The highest BCUT2D eigenvalue weighted by atomic mass is 32.2. The molecule has 1 fully saturated rings. The van der Waals surface area contributed by atoms with Gasteiger partial charge in [-0.25, -0.2) is 13.4 Å². The van der Waals surface area contributed by atoms with Crippen LogP contribution in [0.1, 0.15) is 40.0 Å². The fourth-order valence-electron chi connectivity index (χ4n) is 4.29. The lowest BCUT2D eigenvalue weighted by molar-refractivity contribution is -0.0440. The van der Waals surface area contributed by atoms with Crippen molar-refractivity contribution < 1.29 is 13.2 Å². The number of hydrogen-bond donors (Lipinski definition) is 0. The molecule has 0 bridgehead atoms. The summed E-state index contributed by atoms with van der Waals surface area (Å²) >= 11 is 1.59. The van der Waals surface area contributed by atoms with Crippen molar-refractivity contribution in [3.8, 4) is 11.3 Å². The van der Waals surface area contributed by atoms with Crippen LogP contribution in [0.2, 0.25) is 0 Å². The molecule has 0 spiro atoms. The highest BCUT2D eigenvalue weighted by molar-refractivity contribution is 7.89. The molecule has 3 aromatic rings. The van der Waals surface area contributed by atoms with Gasteiger partial charge in [0.2, 0.25) is 10.0 Å². The zero-order chi connectivity index (χ0) is 24.1. The highest BCUT2D eigenvalue weighted by Gasteiger charge is 2.32. The number of morpholine rings is 1. The molecule has 0 saturated carbocycles.